The summed E-state index contributed by atoms with van der Waals surface area (Å²) >= 11 is 0. The fraction of sp³-hybridized carbons (Fsp3) is 0.438. The molecule has 3 aliphatic rings. The minimum absolute atomic E-state index is 0.0659. The molecule has 4 heterocycles. The molecule has 2 fully saturated rings. The van der Waals surface area contributed by atoms with E-state index in [1.54, 1.807) is 4.90 Å². The predicted molar refractivity (Wildman–Crippen MR) is 78.4 cm³/mol. The zero-order valence-corrected chi connectivity index (χ0v) is 12.5. The number of ether oxygens (including phenoxy) is 1. The van der Waals surface area contributed by atoms with Crippen molar-refractivity contribution in [2.45, 2.75) is 31.0 Å². The standard InChI is InChI=1S/C16H15N5O2/c22-15(11-3-17-9-18-4-11)21-7-16(8-21)12-5-19-14(10-1-2-10)20-13(12)6-23-16/h3-5,9-10H,1-2,6-8H2. The fourth-order valence-electron chi connectivity index (χ4n) is 3.31. The van der Waals surface area contributed by atoms with Crippen molar-refractivity contribution in [3.8, 4) is 0 Å². The number of fused-ring (bicyclic) bond motifs is 2. The van der Waals surface area contributed by atoms with Crippen molar-refractivity contribution in [2.24, 2.45) is 0 Å². The number of hydrogen-bond donors (Lipinski definition) is 0. The van der Waals surface area contributed by atoms with Gasteiger partial charge in [0, 0.05) is 30.1 Å². The van der Waals surface area contributed by atoms with Crippen LogP contribution in [0.4, 0.5) is 0 Å². The van der Waals surface area contributed by atoms with Crippen molar-refractivity contribution in [1.29, 1.82) is 0 Å². The van der Waals surface area contributed by atoms with E-state index in [-0.39, 0.29) is 5.91 Å². The molecule has 0 aromatic carbocycles. The van der Waals surface area contributed by atoms with Gasteiger partial charge in [0.25, 0.3) is 5.91 Å². The molecule has 7 heteroatoms. The van der Waals surface area contributed by atoms with Crippen molar-refractivity contribution >= 4 is 5.91 Å². The first-order valence-electron chi connectivity index (χ1n) is 7.80. The highest BCUT2D eigenvalue weighted by Crippen LogP contribution is 2.44. The molecular weight excluding hydrogens is 294 g/mol. The van der Waals surface area contributed by atoms with E-state index < -0.39 is 5.60 Å². The molecule has 1 saturated heterocycles. The number of aromatic nitrogens is 4. The number of likely N-dealkylation sites (tertiary alicyclic amines) is 1. The molecule has 116 valence electrons. The summed E-state index contributed by atoms with van der Waals surface area (Å²) in [6.45, 7) is 1.56. The van der Waals surface area contributed by atoms with Gasteiger partial charge in [0.05, 0.1) is 31.0 Å². The van der Waals surface area contributed by atoms with Crippen LogP contribution >= 0.6 is 0 Å². The molecule has 0 bridgehead atoms. The van der Waals surface area contributed by atoms with E-state index in [1.165, 1.54) is 31.6 Å². The lowest BCUT2D eigenvalue weighted by atomic mass is 9.87. The van der Waals surface area contributed by atoms with Gasteiger partial charge >= 0.3 is 0 Å². The van der Waals surface area contributed by atoms with E-state index in [0.717, 1.165) is 17.1 Å². The van der Waals surface area contributed by atoms with Crippen LogP contribution in [-0.2, 0) is 16.9 Å². The Morgan fingerprint density at radius 2 is 2.00 bits per heavy atom. The SMILES string of the molecule is O=C(c1cncnc1)N1CC2(C1)OCc1nc(C3CC3)ncc12. The Morgan fingerprint density at radius 3 is 2.74 bits per heavy atom. The fourth-order valence-corrected chi connectivity index (χ4v) is 3.31. The zero-order valence-electron chi connectivity index (χ0n) is 12.5. The summed E-state index contributed by atoms with van der Waals surface area (Å²) in [5, 5.41) is 0. The van der Waals surface area contributed by atoms with Crippen LogP contribution < -0.4 is 0 Å². The molecule has 1 aliphatic carbocycles. The third kappa shape index (κ3) is 1.96. The molecule has 0 radical (unpaired) electrons. The Kier molecular flexibility index (Phi) is 2.58. The Hall–Kier alpha value is -2.41. The summed E-state index contributed by atoms with van der Waals surface area (Å²) in [5.74, 6) is 1.41. The van der Waals surface area contributed by atoms with Crippen LogP contribution in [-0.4, -0.2) is 43.8 Å². The summed E-state index contributed by atoms with van der Waals surface area (Å²) in [7, 11) is 0. The van der Waals surface area contributed by atoms with Crippen LogP contribution in [0.15, 0.2) is 24.9 Å². The third-order valence-corrected chi connectivity index (χ3v) is 4.79. The monoisotopic (exact) mass is 309 g/mol. The van der Waals surface area contributed by atoms with Crippen LogP contribution in [0.2, 0.25) is 0 Å². The molecule has 2 aromatic rings. The van der Waals surface area contributed by atoms with Crippen molar-refractivity contribution < 1.29 is 9.53 Å². The highest BCUT2D eigenvalue weighted by atomic mass is 16.5. The second-order valence-corrected chi connectivity index (χ2v) is 6.43. The molecule has 23 heavy (non-hydrogen) atoms. The van der Waals surface area contributed by atoms with Gasteiger partial charge < -0.3 is 9.64 Å². The van der Waals surface area contributed by atoms with Crippen molar-refractivity contribution in [2.75, 3.05) is 13.1 Å². The topological polar surface area (TPSA) is 81.1 Å². The summed E-state index contributed by atoms with van der Waals surface area (Å²) in [5.41, 5.74) is 2.09. The molecule has 0 unspecified atom stereocenters. The molecule has 2 aliphatic heterocycles. The Bertz CT molecular complexity index is 784. The molecular formula is C16H15N5O2. The van der Waals surface area contributed by atoms with Gasteiger partial charge in [-0.3, -0.25) is 4.79 Å². The Morgan fingerprint density at radius 1 is 1.22 bits per heavy atom. The highest BCUT2D eigenvalue weighted by molar-refractivity contribution is 5.94. The molecule has 1 amide bonds. The van der Waals surface area contributed by atoms with Gasteiger partial charge in [0.1, 0.15) is 17.8 Å². The first-order chi connectivity index (χ1) is 11.3. The molecule has 0 N–H and O–H groups in total. The van der Waals surface area contributed by atoms with Crippen LogP contribution in [0.5, 0.6) is 0 Å². The molecule has 2 aromatic heterocycles. The molecule has 1 saturated carbocycles. The van der Waals surface area contributed by atoms with Gasteiger partial charge in [-0.15, -0.1) is 0 Å². The highest BCUT2D eigenvalue weighted by Gasteiger charge is 2.52. The Balaban J connectivity index is 1.36. The van der Waals surface area contributed by atoms with Crippen LogP contribution in [0.25, 0.3) is 0 Å². The maximum absolute atomic E-state index is 12.4. The third-order valence-electron chi connectivity index (χ3n) is 4.79. The van der Waals surface area contributed by atoms with Crippen molar-refractivity contribution in [3.63, 3.8) is 0 Å². The minimum Gasteiger partial charge on any atom is -0.360 e. The lowest BCUT2D eigenvalue weighted by Crippen LogP contribution is -2.61. The lowest BCUT2D eigenvalue weighted by Gasteiger charge is -2.47. The van der Waals surface area contributed by atoms with Gasteiger partial charge in [0.15, 0.2) is 0 Å². The number of amides is 1. The van der Waals surface area contributed by atoms with E-state index >= 15 is 0 Å². The summed E-state index contributed by atoms with van der Waals surface area (Å²) < 4.78 is 5.99. The number of hydrogen-bond acceptors (Lipinski definition) is 6. The maximum atomic E-state index is 12.4. The molecule has 1 spiro atoms. The number of rotatable bonds is 2. The molecule has 5 rings (SSSR count). The first kappa shape index (κ1) is 13.1. The first-order valence-corrected chi connectivity index (χ1v) is 7.80. The van der Waals surface area contributed by atoms with Crippen LogP contribution in [0, 0.1) is 0 Å². The molecule has 0 atom stereocenters. The summed E-state index contributed by atoms with van der Waals surface area (Å²) in [4.78, 5) is 31.1. The second kappa shape index (κ2) is 4.55. The van der Waals surface area contributed by atoms with E-state index in [4.69, 9.17) is 4.74 Å². The van der Waals surface area contributed by atoms with Gasteiger partial charge in [-0.05, 0) is 12.8 Å². The second-order valence-electron chi connectivity index (χ2n) is 6.43. The van der Waals surface area contributed by atoms with E-state index in [2.05, 4.69) is 19.9 Å². The smallest absolute Gasteiger partial charge is 0.257 e. The predicted octanol–water partition coefficient (Wildman–Crippen LogP) is 1.03. The van der Waals surface area contributed by atoms with Gasteiger partial charge in [0.2, 0.25) is 0 Å². The zero-order chi connectivity index (χ0) is 15.4. The lowest BCUT2D eigenvalue weighted by molar-refractivity contribution is -0.126. The van der Waals surface area contributed by atoms with Gasteiger partial charge in [-0.25, -0.2) is 19.9 Å². The number of carbonyl (C=O) groups excluding carboxylic acids is 1. The van der Waals surface area contributed by atoms with Crippen molar-refractivity contribution in [1.82, 2.24) is 24.8 Å². The summed E-state index contributed by atoms with van der Waals surface area (Å²) in [6.07, 6.45) is 8.76. The minimum atomic E-state index is -0.428. The largest absolute Gasteiger partial charge is 0.360 e. The van der Waals surface area contributed by atoms with E-state index in [9.17, 15) is 4.79 Å². The van der Waals surface area contributed by atoms with E-state index in [0.29, 0.717) is 31.2 Å². The normalized spacial score (nSPS) is 21.1. The number of nitrogens with zero attached hydrogens (tertiary/aromatic N) is 5. The van der Waals surface area contributed by atoms with E-state index in [1.807, 2.05) is 6.20 Å². The average Bonchev–Trinajstić information content (AvgIpc) is 3.34. The van der Waals surface area contributed by atoms with Crippen LogP contribution in [0.3, 0.4) is 0 Å². The Labute approximate surface area is 132 Å². The van der Waals surface area contributed by atoms with Gasteiger partial charge in [-0.1, -0.05) is 0 Å². The summed E-state index contributed by atoms with van der Waals surface area (Å²) in [6, 6.07) is 0. The van der Waals surface area contributed by atoms with Crippen molar-refractivity contribution in [3.05, 3.63) is 47.6 Å². The number of carbonyl (C=O) groups is 1. The molecule has 7 nitrogen and oxygen atoms in total. The maximum Gasteiger partial charge on any atom is 0.257 e. The quantitative estimate of drug-likeness (QED) is 0.824. The van der Waals surface area contributed by atoms with Crippen LogP contribution in [0.1, 0.15) is 46.2 Å². The average molecular weight is 309 g/mol. The van der Waals surface area contributed by atoms with Gasteiger partial charge in [-0.2, -0.15) is 0 Å².